The van der Waals surface area contributed by atoms with Crippen molar-refractivity contribution in [3.63, 3.8) is 0 Å². The number of ether oxygens (including phenoxy) is 2. The number of rotatable bonds is 9. The predicted molar refractivity (Wildman–Crippen MR) is 173 cm³/mol. The van der Waals surface area contributed by atoms with Gasteiger partial charge in [-0.1, -0.05) is 43.5 Å². The lowest BCUT2D eigenvalue weighted by atomic mass is 9.68. The molecule has 0 radical (unpaired) electrons. The van der Waals surface area contributed by atoms with Crippen LogP contribution >= 0.6 is 0 Å². The first-order chi connectivity index (χ1) is 20.9. The van der Waals surface area contributed by atoms with Gasteiger partial charge in [-0.15, -0.1) is 0 Å². The first kappa shape index (κ1) is 32.0. The predicted octanol–water partition coefficient (Wildman–Crippen LogP) is 8.62. The van der Waals surface area contributed by atoms with Gasteiger partial charge < -0.3 is 19.5 Å². The topological polar surface area (TPSA) is 71.9 Å². The number of carbonyl (C=O) groups is 1. The maximum atomic E-state index is 13.2. The summed E-state index contributed by atoms with van der Waals surface area (Å²) in [7, 11) is 0. The molecule has 1 saturated heterocycles. The van der Waals surface area contributed by atoms with Crippen LogP contribution in [0.2, 0.25) is 0 Å². The van der Waals surface area contributed by atoms with Crippen LogP contribution in [0, 0.1) is 25.1 Å². The number of aromatic nitrogens is 1. The minimum Gasteiger partial charge on any atom is -0.493 e. The Hall–Kier alpha value is -3.45. The van der Waals surface area contributed by atoms with E-state index in [2.05, 4.69) is 4.90 Å². The van der Waals surface area contributed by atoms with Crippen molar-refractivity contribution in [1.29, 1.82) is 0 Å². The number of aryl methyl sites for hydroxylation is 2. The fourth-order valence-electron chi connectivity index (χ4n) is 7.08. The highest BCUT2D eigenvalue weighted by atomic mass is 19.1. The second kappa shape index (κ2) is 13.3. The van der Waals surface area contributed by atoms with Crippen molar-refractivity contribution in [2.45, 2.75) is 97.7 Å². The van der Waals surface area contributed by atoms with Crippen LogP contribution in [-0.4, -0.2) is 41.4 Å². The zero-order chi connectivity index (χ0) is 31.5. The Bertz CT molecular complexity index is 1430. The summed E-state index contributed by atoms with van der Waals surface area (Å²) < 4.78 is 25.5. The third-order valence-electron chi connectivity index (χ3n) is 9.31. The van der Waals surface area contributed by atoms with E-state index in [9.17, 15) is 14.3 Å². The summed E-state index contributed by atoms with van der Waals surface area (Å²) in [6, 6.07) is 14.5. The number of hydrogen-bond donors (Lipinski definition) is 1. The molecular weight excluding hydrogens is 555 g/mol. The van der Waals surface area contributed by atoms with E-state index in [1.165, 1.54) is 44.2 Å². The molecule has 2 aromatic carbocycles. The van der Waals surface area contributed by atoms with Gasteiger partial charge in [0, 0.05) is 42.0 Å². The first-order valence-electron chi connectivity index (χ1n) is 16.1. The molecule has 5 rings (SSSR count). The molecule has 1 N–H and O–H groups in total. The molecule has 2 fully saturated rings. The Labute approximate surface area is 261 Å². The van der Waals surface area contributed by atoms with Gasteiger partial charge in [0.15, 0.2) is 6.10 Å². The van der Waals surface area contributed by atoms with Gasteiger partial charge in [0.05, 0.1) is 17.9 Å². The van der Waals surface area contributed by atoms with Crippen molar-refractivity contribution >= 4 is 11.7 Å². The van der Waals surface area contributed by atoms with Gasteiger partial charge in [-0.2, -0.15) is 0 Å². The molecule has 0 bridgehead atoms. The minimum atomic E-state index is -1.14. The van der Waals surface area contributed by atoms with Crippen molar-refractivity contribution in [3.05, 3.63) is 76.9 Å². The molecule has 44 heavy (non-hydrogen) atoms. The molecule has 1 aromatic heterocycles. The van der Waals surface area contributed by atoms with Crippen LogP contribution in [0.25, 0.3) is 11.1 Å². The molecule has 0 amide bonds. The van der Waals surface area contributed by atoms with Crippen molar-refractivity contribution < 1.29 is 23.8 Å². The standard InChI is InChI=1S/C37H47FN2O4/c1-25-31(28-11-15-30(16-12-28)43-24-17-27-9-13-29(38)14-10-27)33(40-22-20-37(21-23-40)18-7-6-8-19-37)32(26(2)39-25)34(35(41)42)44-36(3,4)5/h9-16,34H,6-8,17-24H2,1-5H3,(H,41,42). The van der Waals surface area contributed by atoms with Crippen LogP contribution < -0.4 is 9.64 Å². The second-order valence-corrected chi connectivity index (χ2v) is 13.7. The Kier molecular flexibility index (Phi) is 9.64. The van der Waals surface area contributed by atoms with Gasteiger partial charge in [0.1, 0.15) is 11.6 Å². The number of carboxylic acid groups (broad SMARTS) is 1. The smallest absolute Gasteiger partial charge is 0.337 e. The Morgan fingerprint density at radius 2 is 1.59 bits per heavy atom. The summed E-state index contributed by atoms with van der Waals surface area (Å²) in [6.07, 6.45) is 8.31. The number of nitrogens with zero attached hydrogens (tertiary/aromatic N) is 2. The van der Waals surface area contributed by atoms with Crippen molar-refractivity contribution in [1.82, 2.24) is 4.98 Å². The summed E-state index contributed by atoms with van der Waals surface area (Å²) in [5.41, 5.74) is 5.83. The molecule has 2 heterocycles. The van der Waals surface area contributed by atoms with Gasteiger partial charge in [0.25, 0.3) is 0 Å². The molecule has 1 saturated carbocycles. The van der Waals surface area contributed by atoms with Gasteiger partial charge in [0.2, 0.25) is 0 Å². The molecule has 1 aliphatic carbocycles. The van der Waals surface area contributed by atoms with Gasteiger partial charge in [-0.05, 0) is 101 Å². The van der Waals surface area contributed by atoms with Crippen LogP contribution in [-0.2, 0) is 16.0 Å². The number of benzene rings is 2. The second-order valence-electron chi connectivity index (χ2n) is 13.7. The molecule has 1 aliphatic heterocycles. The van der Waals surface area contributed by atoms with Gasteiger partial charge in [-0.3, -0.25) is 4.98 Å². The highest BCUT2D eigenvalue weighted by Gasteiger charge is 2.39. The van der Waals surface area contributed by atoms with Crippen LogP contribution in [0.4, 0.5) is 10.1 Å². The molecule has 236 valence electrons. The molecule has 2 aliphatic rings. The molecule has 6 nitrogen and oxygen atoms in total. The quantitative estimate of drug-likeness (QED) is 0.264. The van der Waals surface area contributed by atoms with Crippen LogP contribution in [0.5, 0.6) is 5.75 Å². The van der Waals surface area contributed by atoms with Gasteiger partial charge in [-0.25, -0.2) is 9.18 Å². The summed E-state index contributed by atoms with van der Waals surface area (Å²) in [4.78, 5) is 20.1. The normalized spacial score (nSPS) is 17.5. The van der Waals surface area contributed by atoms with E-state index >= 15 is 0 Å². The summed E-state index contributed by atoms with van der Waals surface area (Å²) in [5.74, 6) is -0.509. The van der Waals surface area contributed by atoms with E-state index in [4.69, 9.17) is 14.5 Å². The molecule has 1 spiro atoms. The third-order valence-corrected chi connectivity index (χ3v) is 9.31. The zero-order valence-electron chi connectivity index (χ0n) is 26.9. The van der Waals surface area contributed by atoms with Crippen molar-refractivity contribution in [3.8, 4) is 16.9 Å². The number of piperidine rings is 1. The number of aliphatic carboxylic acids is 1. The number of pyridine rings is 1. The average Bonchev–Trinajstić information content (AvgIpc) is 2.98. The lowest BCUT2D eigenvalue weighted by molar-refractivity contribution is -0.160. The van der Waals surface area contributed by atoms with E-state index in [0.717, 1.165) is 59.8 Å². The Morgan fingerprint density at radius 3 is 2.18 bits per heavy atom. The summed E-state index contributed by atoms with van der Waals surface area (Å²) in [6.45, 7) is 11.8. The van der Waals surface area contributed by atoms with Crippen molar-refractivity contribution in [2.24, 2.45) is 5.41 Å². The van der Waals surface area contributed by atoms with E-state index in [0.29, 0.717) is 29.7 Å². The lowest BCUT2D eigenvalue weighted by Crippen LogP contribution is -2.42. The lowest BCUT2D eigenvalue weighted by Gasteiger charge is -2.46. The molecule has 3 aromatic rings. The fraction of sp³-hybridized carbons (Fsp3) is 0.514. The Morgan fingerprint density at radius 1 is 0.955 bits per heavy atom. The molecule has 7 heteroatoms. The van der Waals surface area contributed by atoms with E-state index in [1.807, 2.05) is 58.9 Å². The minimum absolute atomic E-state index is 0.244. The number of anilines is 1. The molecule has 1 unspecified atom stereocenters. The Balaban J connectivity index is 1.49. The van der Waals surface area contributed by atoms with E-state index in [1.54, 1.807) is 12.1 Å². The zero-order valence-corrected chi connectivity index (χ0v) is 26.9. The third kappa shape index (κ3) is 7.43. The van der Waals surface area contributed by atoms with Crippen molar-refractivity contribution in [2.75, 3.05) is 24.6 Å². The highest BCUT2D eigenvalue weighted by molar-refractivity contribution is 5.88. The highest BCUT2D eigenvalue weighted by Crippen LogP contribution is 2.48. The average molecular weight is 603 g/mol. The first-order valence-corrected chi connectivity index (χ1v) is 16.1. The fourth-order valence-corrected chi connectivity index (χ4v) is 7.08. The van der Waals surface area contributed by atoms with E-state index < -0.39 is 17.7 Å². The summed E-state index contributed by atoms with van der Waals surface area (Å²) in [5, 5.41) is 10.5. The summed E-state index contributed by atoms with van der Waals surface area (Å²) >= 11 is 0. The van der Waals surface area contributed by atoms with E-state index in [-0.39, 0.29) is 5.82 Å². The van der Waals surface area contributed by atoms with Crippen LogP contribution in [0.3, 0.4) is 0 Å². The van der Waals surface area contributed by atoms with Gasteiger partial charge >= 0.3 is 5.97 Å². The van der Waals surface area contributed by atoms with Crippen LogP contribution in [0.15, 0.2) is 48.5 Å². The van der Waals surface area contributed by atoms with Crippen LogP contribution in [0.1, 0.15) is 94.3 Å². The number of carboxylic acids is 1. The molecular formula is C37H47FN2O4. The maximum absolute atomic E-state index is 13.2. The number of halogens is 1. The largest absolute Gasteiger partial charge is 0.493 e. The SMILES string of the molecule is Cc1nc(C)c(C(OC(C)(C)C)C(=O)O)c(N2CCC3(CCCCC3)CC2)c1-c1ccc(OCCc2ccc(F)cc2)cc1. The molecule has 1 atom stereocenters. The number of hydrogen-bond acceptors (Lipinski definition) is 5. The monoisotopic (exact) mass is 602 g/mol. The maximum Gasteiger partial charge on any atom is 0.337 e.